The van der Waals surface area contributed by atoms with E-state index in [1.165, 1.54) is 12.1 Å². The summed E-state index contributed by atoms with van der Waals surface area (Å²) in [5, 5.41) is 5.39. The number of carbonyl (C=O) groups is 2. The van der Waals surface area contributed by atoms with Gasteiger partial charge in [-0.1, -0.05) is 24.3 Å². The summed E-state index contributed by atoms with van der Waals surface area (Å²) in [4.78, 5) is 24.0. The SMILES string of the molecule is O=C(Cc1ccc(NC(=O)[C@H]2CCOC2)cc1)Nc1ccccc1F. The zero-order chi connectivity index (χ0) is 17.6. The van der Waals surface area contributed by atoms with Crippen molar-refractivity contribution in [3.8, 4) is 0 Å². The van der Waals surface area contributed by atoms with Crippen LogP contribution in [0.2, 0.25) is 0 Å². The van der Waals surface area contributed by atoms with Crippen molar-refractivity contribution in [2.45, 2.75) is 12.8 Å². The number of nitrogens with one attached hydrogen (secondary N) is 2. The predicted octanol–water partition coefficient (Wildman–Crippen LogP) is 2.98. The van der Waals surface area contributed by atoms with Gasteiger partial charge in [-0.15, -0.1) is 0 Å². The van der Waals surface area contributed by atoms with Gasteiger partial charge in [0.15, 0.2) is 0 Å². The molecule has 0 unspecified atom stereocenters. The van der Waals surface area contributed by atoms with Gasteiger partial charge in [-0.05, 0) is 36.2 Å². The average Bonchev–Trinajstić information content (AvgIpc) is 3.13. The summed E-state index contributed by atoms with van der Waals surface area (Å²) in [6.45, 7) is 1.08. The molecule has 0 aromatic heterocycles. The first-order valence-corrected chi connectivity index (χ1v) is 8.14. The molecule has 1 atom stereocenters. The molecule has 2 N–H and O–H groups in total. The largest absolute Gasteiger partial charge is 0.381 e. The molecule has 5 nitrogen and oxygen atoms in total. The quantitative estimate of drug-likeness (QED) is 0.878. The fourth-order valence-corrected chi connectivity index (χ4v) is 2.63. The average molecular weight is 342 g/mol. The molecule has 0 aliphatic carbocycles. The van der Waals surface area contributed by atoms with Crippen LogP contribution in [0.5, 0.6) is 0 Å². The first-order valence-electron chi connectivity index (χ1n) is 8.14. The molecule has 3 rings (SSSR count). The lowest BCUT2D eigenvalue weighted by atomic mass is 10.1. The number of benzene rings is 2. The smallest absolute Gasteiger partial charge is 0.229 e. The number of para-hydroxylation sites is 1. The number of rotatable bonds is 5. The second-order valence-electron chi connectivity index (χ2n) is 5.95. The van der Waals surface area contributed by atoms with Crippen molar-refractivity contribution >= 4 is 23.2 Å². The maximum Gasteiger partial charge on any atom is 0.229 e. The molecule has 130 valence electrons. The van der Waals surface area contributed by atoms with Gasteiger partial charge < -0.3 is 15.4 Å². The van der Waals surface area contributed by atoms with Crippen LogP contribution in [0.3, 0.4) is 0 Å². The van der Waals surface area contributed by atoms with Crippen LogP contribution in [0.25, 0.3) is 0 Å². The topological polar surface area (TPSA) is 67.4 Å². The second-order valence-corrected chi connectivity index (χ2v) is 5.95. The highest BCUT2D eigenvalue weighted by Crippen LogP contribution is 2.17. The van der Waals surface area contributed by atoms with E-state index in [-0.39, 0.29) is 29.8 Å². The van der Waals surface area contributed by atoms with Crippen molar-refractivity contribution in [3.05, 3.63) is 59.9 Å². The van der Waals surface area contributed by atoms with Crippen LogP contribution in [0.4, 0.5) is 15.8 Å². The van der Waals surface area contributed by atoms with Gasteiger partial charge >= 0.3 is 0 Å². The summed E-state index contributed by atoms with van der Waals surface area (Å²) in [5.74, 6) is -0.927. The van der Waals surface area contributed by atoms with Crippen molar-refractivity contribution < 1.29 is 18.7 Å². The molecule has 0 saturated carbocycles. The fourth-order valence-electron chi connectivity index (χ4n) is 2.63. The van der Waals surface area contributed by atoms with Gasteiger partial charge in [-0.2, -0.15) is 0 Å². The van der Waals surface area contributed by atoms with Crippen LogP contribution in [-0.2, 0) is 20.7 Å². The first-order chi connectivity index (χ1) is 12.1. The van der Waals surface area contributed by atoms with Gasteiger partial charge in [-0.25, -0.2) is 4.39 Å². The van der Waals surface area contributed by atoms with E-state index in [2.05, 4.69) is 10.6 Å². The van der Waals surface area contributed by atoms with Crippen molar-refractivity contribution in [2.75, 3.05) is 23.8 Å². The Hall–Kier alpha value is -2.73. The minimum Gasteiger partial charge on any atom is -0.381 e. The van der Waals surface area contributed by atoms with Crippen molar-refractivity contribution in [1.82, 2.24) is 0 Å². The van der Waals surface area contributed by atoms with E-state index in [9.17, 15) is 14.0 Å². The van der Waals surface area contributed by atoms with Gasteiger partial charge in [-0.3, -0.25) is 9.59 Å². The molecule has 25 heavy (non-hydrogen) atoms. The van der Waals surface area contributed by atoms with Crippen LogP contribution in [-0.4, -0.2) is 25.0 Å². The molecule has 1 fully saturated rings. The lowest BCUT2D eigenvalue weighted by Gasteiger charge is -2.10. The summed E-state index contributed by atoms with van der Waals surface area (Å²) in [6.07, 6.45) is 0.860. The summed E-state index contributed by atoms with van der Waals surface area (Å²) < 4.78 is 18.7. The zero-order valence-electron chi connectivity index (χ0n) is 13.6. The molecule has 0 bridgehead atoms. The molecule has 1 heterocycles. The molecule has 1 aliphatic heterocycles. The molecule has 1 aliphatic rings. The molecule has 2 aromatic rings. The third-order valence-electron chi connectivity index (χ3n) is 4.03. The lowest BCUT2D eigenvalue weighted by Crippen LogP contribution is -2.22. The number of anilines is 2. The molecular formula is C19H19FN2O3. The third kappa shape index (κ3) is 4.64. The predicted molar refractivity (Wildman–Crippen MR) is 92.7 cm³/mol. The van der Waals surface area contributed by atoms with Crippen molar-refractivity contribution in [3.63, 3.8) is 0 Å². The molecule has 1 saturated heterocycles. The monoisotopic (exact) mass is 342 g/mol. The molecule has 0 radical (unpaired) electrons. The van der Waals surface area contributed by atoms with E-state index < -0.39 is 5.82 Å². The number of carbonyl (C=O) groups excluding carboxylic acids is 2. The Bertz CT molecular complexity index is 756. The van der Waals surface area contributed by atoms with E-state index in [1.807, 2.05) is 0 Å². The molecule has 2 aromatic carbocycles. The minimum absolute atomic E-state index is 0.0532. The number of ether oxygens (including phenoxy) is 1. The van der Waals surface area contributed by atoms with Crippen molar-refractivity contribution in [2.24, 2.45) is 5.92 Å². The molecule has 0 spiro atoms. The minimum atomic E-state index is -0.468. The number of hydrogen-bond donors (Lipinski definition) is 2. The summed E-state index contributed by atoms with van der Waals surface area (Å²) in [7, 11) is 0. The molecule has 2 amide bonds. The highest BCUT2D eigenvalue weighted by molar-refractivity contribution is 5.93. The van der Waals surface area contributed by atoms with Gasteiger partial charge in [0.25, 0.3) is 0 Å². The second kappa shape index (κ2) is 7.90. The van der Waals surface area contributed by atoms with Crippen molar-refractivity contribution in [1.29, 1.82) is 0 Å². The Morgan fingerprint density at radius 3 is 2.52 bits per heavy atom. The van der Waals surface area contributed by atoms with E-state index in [0.717, 1.165) is 12.0 Å². The Balaban J connectivity index is 1.54. The maximum absolute atomic E-state index is 13.5. The fraction of sp³-hybridized carbons (Fsp3) is 0.263. The van der Waals surface area contributed by atoms with E-state index in [4.69, 9.17) is 4.74 Å². The highest BCUT2D eigenvalue weighted by Gasteiger charge is 2.23. The Morgan fingerprint density at radius 1 is 1.08 bits per heavy atom. The molecular weight excluding hydrogens is 323 g/mol. The zero-order valence-corrected chi connectivity index (χ0v) is 13.6. The Kier molecular flexibility index (Phi) is 5.40. The van der Waals surface area contributed by atoms with Crippen LogP contribution in [0.1, 0.15) is 12.0 Å². The van der Waals surface area contributed by atoms with Crippen LogP contribution < -0.4 is 10.6 Å². The van der Waals surface area contributed by atoms with Gasteiger partial charge in [0.1, 0.15) is 5.82 Å². The number of hydrogen-bond acceptors (Lipinski definition) is 3. The Labute approximate surface area is 145 Å². The van der Waals surface area contributed by atoms with Gasteiger partial charge in [0.2, 0.25) is 11.8 Å². The number of amides is 2. The maximum atomic E-state index is 13.5. The van der Waals surface area contributed by atoms with Crippen LogP contribution >= 0.6 is 0 Å². The Morgan fingerprint density at radius 2 is 1.84 bits per heavy atom. The standard InChI is InChI=1S/C19H19FN2O3/c20-16-3-1-2-4-17(16)22-18(23)11-13-5-7-15(8-6-13)21-19(24)14-9-10-25-12-14/h1-8,14H,9-12H2,(H,21,24)(H,22,23)/t14-/m0/s1. The van der Waals surface area contributed by atoms with E-state index in [1.54, 1.807) is 36.4 Å². The molecule has 6 heteroatoms. The lowest BCUT2D eigenvalue weighted by molar-refractivity contribution is -0.120. The number of halogens is 1. The van der Waals surface area contributed by atoms with E-state index >= 15 is 0 Å². The normalized spacial score (nSPS) is 16.4. The summed E-state index contributed by atoms with van der Waals surface area (Å²) in [6, 6.07) is 13.1. The highest BCUT2D eigenvalue weighted by atomic mass is 19.1. The first kappa shape index (κ1) is 17.1. The third-order valence-corrected chi connectivity index (χ3v) is 4.03. The van der Waals surface area contributed by atoms with Crippen LogP contribution in [0, 0.1) is 11.7 Å². The summed E-state index contributed by atoms with van der Waals surface area (Å²) in [5.41, 5.74) is 1.61. The van der Waals surface area contributed by atoms with Gasteiger partial charge in [0, 0.05) is 12.3 Å². The van der Waals surface area contributed by atoms with E-state index in [0.29, 0.717) is 18.9 Å². The van der Waals surface area contributed by atoms with Crippen LogP contribution in [0.15, 0.2) is 48.5 Å². The van der Waals surface area contributed by atoms with Gasteiger partial charge in [0.05, 0.1) is 24.6 Å². The summed E-state index contributed by atoms with van der Waals surface area (Å²) >= 11 is 0.